The highest BCUT2D eigenvalue weighted by Gasteiger charge is 2.31. The minimum atomic E-state index is -4.42. The second-order valence-electron chi connectivity index (χ2n) is 5.38. The summed E-state index contributed by atoms with van der Waals surface area (Å²) in [6, 6.07) is 8.11. The molecule has 0 amide bonds. The van der Waals surface area contributed by atoms with Crippen LogP contribution >= 0.6 is 11.3 Å². The largest absolute Gasteiger partial charge is 0.417 e. The molecule has 0 saturated heterocycles. The fraction of sp³-hybridized carbons (Fsp3) is 0.0588. The Hall–Kier alpha value is -3.07. The Balaban J connectivity index is 1.68. The van der Waals surface area contributed by atoms with Crippen LogP contribution in [0.15, 0.2) is 55.2 Å². The van der Waals surface area contributed by atoms with E-state index in [2.05, 4.69) is 25.3 Å². The molecule has 0 saturated carbocycles. The lowest BCUT2D eigenvalue weighted by Crippen LogP contribution is -2.05. The minimum Gasteiger partial charge on any atom is -0.316 e. The first kappa shape index (κ1) is 16.4. The van der Waals surface area contributed by atoms with Crippen LogP contribution in [0.4, 0.5) is 24.1 Å². The predicted octanol–water partition coefficient (Wildman–Crippen LogP) is 4.91. The monoisotopic (exact) mass is 373 g/mol. The normalized spacial score (nSPS) is 11.7. The number of nitrogens with zero attached hydrogens (tertiary/aromatic N) is 4. The van der Waals surface area contributed by atoms with Gasteiger partial charge in [-0.2, -0.15) is 13.2 Å². The van der Waals surface area contributed by atoms with Crippen LogP contribution < -0.4 is 5.32 Å². The third-order valence-electron chi connectivity index (χ3n) is 3.60. The molecule has 4 aromatic rings. The number of thiazole rings is 1. The highest BCUT2D eigenvalue weighted by Crippen LogP contribution is 2.34. The Morgan fingerprint density at radius 2 is 1.85 bits per heavy atom. The highest BCUT2D eigenvalue weighted by atomic mass is 32.1. The zero-order valence-electron chi connectivity index (χ0n) is 13.0. The molecule has 0 radical (unpaired) electrons. The molecule has 130 valence electrons. The summed E-state index contributed by atoms with van der Waals surface area (Å²) in [6.45, 7) is 0. The zero-order chi connectivity index (χ0) is 18.1. The molecular weight excluding hydrogens is 363 g/mol. The molecule has 9 heteroatoms. The number of rotatable bonds is 3. The summed E-state index contributed by atoms with van der Waals surface area (Å²) in [5, 5.41) is 3.71. The number of benzene rings is 1. The van der Waals surface area contributed by atoms with Gasteiger partial charge in [-0.15, -0.1) is 0 Å². The van der Waals surface area contributed by atoms with Gasteiger partial charge in [0.15, 0.2) is 5.13 Å². The second-order valence-corrected chi connectivity index (χ2v) is 6.41. The van der Waals surface area contributed by atoms with Gasteiger partial charge in [-0.05, 0) is 29.8 Å². The van der Waals surface area contributed by atoms with Gasteiger partial charge in [-0.25, -0.2) is 15.0 Å². The van der Waals surface area contributed by atoms with Crippen molar-refractivity contribution in [2.45, 2.75) is 6.18 Å². The molecule has 1 N–H and O–H groups in total. The lowest BCUT2D eigenvalue weighted by molar-refractivity contribution is -0.137. The van der Waals surface area contributed by atoms with Gasteiger partial charge < -0.3 is 5.32 Å². The average molecular weight is 373 g/mol. The molecule has 3 aromatic heterocycles. The van der Waals surface area contributed by atoms with Crippen LogP contribution in [0.3, 0.4) is 0 Å². The van der Waals surface area contributed by atoms with E-state index in [1.165, 1.54) is 23.9 Å². The fourth-order valence-electron chi connectivity index (χ4n) is 2.38. The van der Waals surface area contributed by atoms with E-state index in [0.29, 0.717) is 22.1 Å². The Bertz CT molecular complexity index is 1060. The summed E-state index contributed by atoms with van der Waals surface area (Å²) >= 11 is 1.39. The number of fused-ring (bicyclic) bond motifs is 1. The number of aromatic nitrogens is 4. The number of alkyl halides is 3. The predicted molar refractivity (Wildman–Crippen MR) is 93.2 cm³/mol. The molecule has 0 aliphatic carbocycles. The summed E-state index contributed by atoms with van der Waals surface area (Å²) in [4.78, 5) is 16.1. The van der Waals surface area contributed by atoms with Crippen molar-refractivity contribution >= 4 is 32.5 Å². The summed E-state index contributed by atoms with van der Waals surface area (Å²) in [5.41, 5.74) is 1.02. The maximum atomic E-state index is 12.9. The summed E-state index contributed by atoms with van der Waals surface area (Å²) in [5.74, 6) is 0.612. The highest BCUT2D eigenvalue weighted by molar-refractivity contribution is 7.22. The van der Waals surface area contributed by atoms with Crippen LogP contribution in [0.25, 0.3) is 21.3 Å². The van der Waals surface area contributed by atoms with Gasteiger partial charge in [0.25, 0.3) is 0 Å². The van der Waals surface area contributed by atoms with Crippen molar-refractivity contribution in [1.29, 1.82) is 0 Å². The number of halogens is 3. The second kappa shape index (κ2) is 6.34. The van der Waals surface area contributed by atoms with E-state index in [1.807, 2.05) is 0 Å². The van der Waals surface area contributed by atoms with Crippen LogP contribution in [0.1, 0.15) is 5.56 Å². The van der Waals surface area contributed by atoms with Crippen molar-refractivity contribution in [2.24, 2.45) is 0 Å². The molecule has 5 nitrogen and oxygen atoms in total. The SMILES string of the molecule is FC(F)(F)c1cncc(-c2ccc3nc(Nc4ccncn4)sc3c2)c1. The number of nitrogens with one attached hydrogen (secondary N) is 1. The molecule has 0 aliphatic rings. The molecule has 4 rings (SSSR count). The van der Waals surface area contributed by atoms with Crippen molar-refractivity contribution in [3.05, 3.63) is 60.8 Å². The van der Waals surface area contributed by atoms with Crippen LogP contribution in [-0.4, -0.2) is 19.9 Å². The van der Waals surface area contributed by atoms with Crippen molar-refractivity contribution in [1.82, 2.24) is 19.9 Å². The molecule has 0 atom stereocenters. The topological polar surface area (TPSA) is 63.6 Å². The maximum absolute atomic E-state index is 12.9. The van der Waals surface area contributed by atoms with Crippen molar-refractivity contribution in [3.63, 3.8) is 0 Å². The Kier molecular flexibility index (Phi) is 4.00. The zero-order valence-corrected chi connectivity index (χ0v) is 13.8. The molecule has 0 spiro atoms. The van der Waals surface area contributed by atoms with Gasteiger partial charge in [-0.1, -0.05) is 17.4 Å². The van der Waals surface area contributed by atoms with Crippen molar-refractivity contribution in [2.75, 3.05) is 5.32 Å². The summed E-state index contributed by atoms with van der Waals surface area (Å²) in [6.07, 6.45) is 0.845. The molecule has 0 fully saturated rings. The van der Waals surface area contributed by atoms with Crippen molar-refractivity contribution < 1.29 is 13.2 Å². The van der Waals surface area contributed by atoms with Crippen molar-refractivity contribution in [3.8, 4) is 11.1 Å². The number of hydrogen-bond acceptors (Lipinski definition) is 6. The van der Waals surface area contributed by atoms with E-state index in [1.54, 1.807) is 30.5 Å². The molecule has 1 aromatic carbocycles. The third kappa shape index (κ3) is 3.33. The minimum absolute atomic E-state index is 0.403. The first-order valence-electron chi connectivity index (χ1n) is 7.45. The molecule has 0 unspecified atom stereocenters. The van der Waals surface area contributed by atoms with Gasteiger partial charge in [0.2, 0.25) is 0 Å². The first-order valence-corrected chi connectivity index (χ1v) is 8.27. The van der Waals surface area contributed by atoms with Crippen LogP contribution in [0, 0.1) is 0 Å². The molecular formula is C17H10F3N5S. The Labute approximate surface area is 149 Å². The standard InChI is InChI=1S/C17H10F3N5S/c18-17(19,20)12-5-11(7-22-8-12)10-1-2-13-14(6-10)26-16(24-13)25-15-3-4-21-9-23-15/h1-9H,(H,21,23,24,25). The molecule has 26 heavy (non-hydrogen) atoms. The lowest BCUT2D eigenvalue weighted by atomic mass is 10.1. The number of anilines is 2. The average Bonchev–Trinajstić information content (AvgIpc) is 3.03. The summed E-state index contributed by atoms with van der Waals surface area (Å²) < 4.78 is 39.5. The Morgan fingerprint density at radius 1 is 0.962 bits per heavy atom. The summed E-state index contributed by atoms with van der Waals surface area (Å²) in [7, 11) is 0. The van der Waals surface area contributed by atoms with Gasteiger partial charge in [0.05, 0.1) is 15.8 Å². The van der Waals surface area contributed by atoms with E-state index in [-0.39, 0.29) is 0 Å². The molecule has 3 heterocycles. The molecule has 0 bridgehead atoms. The van der Waals surface area contributed by atoms with Crippen LogP contribution in [0.5, 0.6) is 0 Å². The van der Waals surface area contributed by atoms with Gasteiger partial charge in [-0.3, -0.25) is 4.98 Å². The van der Waals surface area contributed by atoms with E-state index in [0.717, 1.165) is 22.5 Å². The van der Waals surface area contributed by atoms with Crippen LogP contribution in [0.2, 0.25) is 0 Å². The van der Waals surface area contributed by atoms with Gasteiger partial charge in [0.1, 0.15) is 12.1 Å². The smallest absolute Gasteiger partial charge is 0.316 e. The van der Waals surface area contributed by atoms with E-state index in [4.69, 9.17) is 0 Å². The first-order chi connectivity index (χ1) is 12.5. The van der Waals surface area contributed by atoms with E-state index in [9.17, 15) is 13.2 Å². The fourth-order valence-corrected chi connectivity index (χ4v) is 3.30. The van der Waals surface area contributed by atoms with Crippen LogP contribution in [-0.2, 0) is 6.18 Å². The quantitative estimate of drug-likeness (QED) is 0.553. The molecule has 0 aliphatic heterocycles. The van der Waals surface area contributed by atoms with E-state index >= 15 is 0 Å². The number of hydrogen-bond donors (Lipinski definition) is 1. The Morgan fingerprint density at radius 3 is 2.62 bits per heavy atom. The number of pyridine rings is 1. The third-order valence-corrected chi connectivity index (χ3v) is 4.54. The van der Waals surface area contributed by atoms with Gasteiger partial charge >= 0.3 is 6.18 Å². The lowest BCUT2D eigenvalue weighted by Gasteiger charge is -2.08. The van der Waals surface area contributed by atoms with Gasteiger partial charge in [0, 0.05) is 24.2 Å². The maximum Gasteiger partial charge on any atom is 0.417 e. The van der Waals surface area contributed by atoms with E-state index < -0.39 is 11.7 Å².